The number of hydrogen-bond donors (Lipinski definition) is 1. The van der Waals surface area contributed by atoms with Crippen LogP contribution in [0.4, 0.5) is 0 Å². The monoisotopic (exact) mass is 217 g/mol. The second kappa shape index (κ2) is 7.55. The first-order valence-electron chi connectivity index (χ1n) is 5.72. The number of aliphatic hydroxyl groups excluding tert-OH is 1. The van der Waals surface area contributed by atoms with E-state index in [-0.39, 0.29) is 0 Å². The Hall–Kier alpha value is 0.270. The second-order valence-electron chi connectivity index (χ2n) is 4.04. The Kier molecular flexibility index (Phi) is 6.65. The van der Waals surface area contributed by atoms with Crippen molar-refractivity contribution in [1.82, 2.24) is 4.90 Å². The summed E-state index contributed by atoms with van der Waals surface area (Å²) in [6, 6.07) is 0.768. The van der Waals surface area contributed by atoms with Crippen molar-refractivity contribution in [3.8, 4) is 0 Å². The predicted octanol–water partition coefficient (Wildman–Crippen LogP) is 1.98. The third kappa shape index (κ3) is 4.20. The van der Waals surface area contributed by atoms with Gasteiger partial charge in [-0.1, -0.05) is 0 Å². The van der Waals surface area contributed by atoms with Crippen LogP contribution in [-0.2, 0) is 0 Å². The maximum absolute atomic E-state index is 8.81. The van der Waals surface area contributed by atoms with E-state index in [4.69, 9.17) is 5.11 Å². The fraction of sp³-hybridized carbons (Fsp3) is 1.00. The van der Waals surface area contributed by atoms with Crippen LogP contribution in [0.5, 0.6) is 0 Å². The molecule has 3 heteroatoms. The summed E-state index contributed by atoms with van der Waals surface area (Å²) in [5, 5.41) is 8.81. The number of nitrogens with zero attached hydrogens (tertiary/aromatic N) is 1. The molecule has 0 amide bonds. The minimum absolute atomic E-state index is 0.356. The first-order chi connectivity index (χ1) is 6.88. The van der Waals surface area contributed by atoms with Gasteiger partial charge >= 0.3 is 0 Å². The first-order valence-corrected chi connectivity index (χ1v) is 7.11. The molecule has 0 radical (unpaired) electrons. The van der Waals surface area contributed by atoms with Gasteiger partial charge in [0.25, 0.3) is 0 Å². The Labute approximate surface area is 92.1 Å². The highest BCUT2D eigenvalue weighted by atomic mass is 32.2. The van der Waals surface area contributed by atoms with Gasteiger partial charge in [0.1, 0.15) is 0 Å². The lowest BCUT2D eigenvalue weighted by atomic mass is 10.1. The number of thioether (sulfide) groups is 1. The SMILES string of the molecule is CSCCCN1CCCC1CCCO. The van der Waals surface area contributed by atoms with E-state index in [0.29, 0.717) is 6.61 Å². The van der Waals surface area contributed by atoms with Gasteiger partial charge in [-0.25, -0.2) is 0 Å². The Morgan fingerprint density at radius 3 is 3.00 bits per heavy atom. The molecular formula is C11H23NOS. The molecule has 1 aliphatic rings. The first kappa shape index (κ1) is 12.3. The lowest BCUT2D eigenvalue weighted by Gasteiger charge is -2.23. The van der Waals surface area contributed by atoms with Crippen molar-refractivity contribution in [2.75, 3.05) is 31.7 Å². The zero-order valence-corrected chi connectivity index (χ0v) is 10.1. The van der Waals surface area contributed by atoms with Gasteiger partial charge in [0.15, 0.2) is 0 Å². The van der Waals surface area contributed by atoms with Crippen LogP contribution in [0.3, 0.4) is 0 Å². The standard InChI is InChI=1S/C11H23NOS/c1-14-10-4-8-12-7-2-5-11(12)6-3-9-13/h11,13H,2-10H2,1H3. The predicted molar refractivity (Wildman–Crippen MR) is 63.9 cm³/mol. The van der Waals surface area contributed by atoms with E-state index in [1.807, 2.05) is 11.8 Å². The molecule has 0 spiro atoms. The minimum Gasteiger partial charge on any atom is -0.396 e. The molecule has 1 rings (SSSR count). The highest BCUT2D eigenvalue weighted by Crippen LogP contribution is 2.21. The van der Waals surface area contributed by atoms with E-state index < -0.39 is 0 Å². The number of likely N-dealkylation sites (tertiary alicyclic amines) is 1. The van der Waals surface area contributed by atoms with Crippen LogP contribution < -0.4 is 0 Å². The molecule has 0 aromatic carbocycles. The highest BCUT2D eigenvalue weighted by Gasteiger charge is 2.22. The van der Waals surface area contributed by atoms with Crippen LogP contribution in [-0.4, -0.2) is 47.8 Å². The molecule has 0 aromatic rings. The van der Waals surface area contributed by atoms with Crippen molar-refractivity contribution in [3.63, 3.8) is 0 Å². The third-order valence-corrected chi connectivity index (χ3v) is 3.69. The molecule has 1 saturated heterocycles. The molecule has 2 nitrogen and oxygen atoms in total. The summed E-state index contributed by atoms with van der Waals surface area (Å²) in [4.78, 5) is 2.62. The van der Waals surface area contributed by atoms with Gasteiger partial charge in [0.2, 0.25) is 0 Å². The molecular weight excluding hydrogens is 194 g/mol. The van der Waals surface area contributed by atoms with Gasteiger partial charge in [-0.05, 0) is 57.2 Å². The minimum atomic E-state index is 0.356. The second-order valence-corrected chi connectivity index (χ2v) is 5.03. The Balaban J connectivity index is 2.14. The summed E-state index contributed by atoms with van der Waals surface area (Å²) in [6.07, 6.45) is 8.36. The molecule has 1 aliphatic heterocycles. The van der Waals surface area contributed by atoms with Crippen LogP contribution in [0.1, 0.15) is 32.1 Å². The fourth-order valence-corrected chi connectivity index (χ4v) is 2.67. The third-order valence-electron chi connectivity index (χ3n) is 2.99. The fourth-order valence-electron chi connectivity index (χ4n) is 2.26. The summed E-state index contributed by atoms with van der Waals surface area (Å²) < 4.78 is 0. The van der Waals surface area contributed by atoms with Crippen molar-refractivity contribution < 1.29 is 5.11 Å². The molecule has 14 heavy (non-hydrogen) atoms. The lowest BCUT2D eigenvalue weighted by molar-refractivity contribution is 0.217. The number of hydrogen-bond acceptors (Lipinski definition) is 3. The topological polar surface area (TPSA) is 23.5 Å². The smallest absolute Gasteiger partial charge is 0.0431 e. The molecule has 0 aromatic heterocycles. The zero-order valence-electron chi connectivity index (χ0n) is 9.24. The van der Waals surface area contributed by atoms with Crippen LogP contribution in [0.2, 0.25) is 0 Å². The number of rotatable bonds is 7. The molecule has 1 unspecified atom stereocenters. The van der Waals surface area contributed by atoms with Crippen LogP contribution in [0.25, 0.3) is 0 Å². The lowest BCUT2D eigenvalue weighted by Crippen LogP contribution is -2.30. The molecule has 0 bridgehead atoms. The Morgan fingerprint density at radius 1 is 1.43 bits per heavy atom. The van der Waals surface area contributed by atoms with Crippen LogP contribution in [0, 0.1) is 0 Å². The maximum Gasteiger partial charge on any atom is 0.0431 e. The average molecular weight is 217 g/mol. The van der Waals surface area contributed by atoms with Crippen molar-refractivity contribution in [3.05, 3.63) is 0 Å². The summed E-state index contributed by atoms with van der Waals surface area (Å²) >= 11 is 1.94. The number of aliphatic hydroxyl groups is 1. The zero-order chi connectivity index (χ0) is 10.2. The van der Waals surface area contributed by atoms with Crippen molar-refractivity contribution in [2.24, 2.45) is 0 Å². The molecule has 84 valence electrons. The van der Waals surface area contributed by atoms with E-state index in [1.165, 1.54) is 44.5 Å². The van der Waals surface area contributed by atoms with Gasteiger partial charge in [-0.15, -0.1) is 0 Å². The van der Waals surface area contributed by atoms with Crippen LogP contribution >= 0.6 is 11.8 Å². The van der Waals surface area contributed by atoms with Gasteiger partial charge in [0.05, 0.1) is 0 Å². The largest absolute Gasteiger partial charge is 0.396 e. The molecule has 0 aliphatic carbocycles. The maximum atomic E-state index is 8.81. The molecule has 1 heterocycles. The summed E-state index contributed by atoms with van der Waals surface area (Å²) in [6.45, 7) is 2.90. The molecule has 1 fully saturated rings. The van der Waals surface area contributed by atoms with Crippen LogP contribution in [0.15, 0.2) is 0 Å². The summed E-state index contributed by atoms with van der Waals surface area (Å²) in [5.41, 5.74) is 0. The Bertz CT molecular complexity index is 143. The highest BCUT2D eigenvalue weighted by molar-refractivity contribution is 7.98. The van der Waals surface area contributed by atoms with Crippen molar-refractivity contribution in [2.45, 2.75) is 38.1 Å². The van der Waals surface area contributed by atoms with E-state index in [1.54, 1.807) is 0 Å². The molecule has 1 atom stereocenters. The average Bonchev–Trinajstić information content (AvgIpc) is 2.63. The van der Waals surface area contributed by atoms with E-state index >= 15 is 0 Å². The van der Waals surface area contributed by atoms with Gasteiger partial charge < -0.3 is 10.0 Å². The van der Waals surface area contributed by atoms with Gasteiger partial charge in [-0.3, -0.25) is 0 Å². The van der Waals surface area contributed by atoms with Gasteiger partial charge in [-0.2, -0.15) is 11.8 Å². The molecule has 0 saturated carbocycles. The van der Waals surface area contributed by atoms with E-state index in [9.17, 15) is 0 Å². The van der Waals surface area contributed by atoms with Crippen molar-refractivity contribution >= 4 is 11.8 Å². The van der Waals surface area contributed by atoms with E-state index in [2.05, 4.69) is 11.2 Å². The normalized spacial score (nSPS) is 23.1. The molecule has 1 N–H and O–H groups in total. The van der Waals surface area contributed by atoms with Gasteiger partial charge in [0, 0.05) is 12.6 Å². The summed E-state index contributed by atoms with van der Waals surface area (Å²) in [7, 11) is 0. The summed E-state index contributed by atoms with van der Waals surface area (Å²) in [5.74, 6) is 1.28. The van der Waals surface area contributed by atoms with E-state index in [0.717, 1.165) is 12.5 Å². The van der Waals surface area contributed by atoms with Crippen molar-refractivity contribution in [1.29, 1.82) is 0 Å². The Morgan fingerprint density at radius 2 is 2.29 bits per heavy atom. The quantitative estimate of drug-likeness (QED) is 0.660.